The highest BCUT2D eigenvalue weighted by Crippen LogP contribution is 2.23. The zero-order valence-electron chi connectivity index (χ0n) is 9.94. The van der Waals surface area contributed by atoms with Gasteiger partial charge in [-0.25, -0.2) is 4.39 Å². The van der Waals surface area contributed by atoms with Gasteiger partial charge in [0.1, 0.15) is 5.82 Å². The van der Waals surface area contributed by atoms with E-state index >= 15 is 0 Å². The van der Waals surface area contributed by atoms with Crippen molar-refractivity contribution in [2.75, 3.05) is 7.05 Å². The van der Waals surface area contributed by atoms with E-state index < -0.39 is 0 Å². The quantitative estimate of drug-likeness (QED) is 0.877. The predicted molar refractivity (Wildman–Crippen MR) is 66.3 cm³/mol. The summed E-state index contributed by atoms with van der Waals surface area (Å²) >= 11 is 0. The highest BCUT2D eigenvalue weighted by Gasteiger charge is 2.15. The van der Waals surface area contributed by atoms with Crippen molar-refractivity contribution in [1.82, 2.24) is 10.3 Å². The molecule has 0 aliphatic heterocycles. The minimum atomic E-state index is -0.206. The number of pyridine rings is 1. The van der Waals surface area contributed by atoms with Gasteiger partial charge < -0.3 is 5.32 Å². The van der Waals surface area contributed by atoms with Gasteiger partial charge in [-0.05, 0) is 49.4 Å². The second-order valence-corrected chi connectivity index (χ2v) is 3.98. The Bertz CT molecular complexity index is 497. The first-order chi connectivity index (χ1) is 8.22. The number of rotatable bonds is 3. The van der Waals surface area contributed by atoms with Crippen molar-refractivity contribution in [3.63, 3.8) is 0 Å². The summed E-state index contributed by atoms with van der Waals surface area (Å²) in [5.41, 5.74) is 2.91. The Morgan fingerprint density at radius 2 is 2.06 bits per heavy atom. The summed E-state index contributed by atoms with van der Waals surface area (Å²) in [6, 6.07) is 10.6. The summed E-state index contributed by atoms with van der Waals surface area (Å²) in [5, 5.41) is 3.21. The Balaban J connectivity index is 2.42. The van der Waals surface area contributed by atoms with E-state index in [1.807, 2.05) is 32.2 Å². The highest BCUT2D eigenvalue weighted by atomic mass is 19.1. The second-order valence-electron chi connectivity index (χ2n) is 3.98. The fourth-order valence-corrected chi connectivity index (χ4v) is 1.97. The number of hydrogen-bond acceptors (Lipinski definition) is 2. The van der Waals surface area contributed by atoms with Gasteiger partial charge in [0.15, 0.2) is 0 Å². The molecule has 1 aromatic carbocycles. The van der Waals surface area contributed by atoms with Crippen LogP contribution in [0.15, 0.2) is 42.6 Å². The first kappa shape index (κ1) is 11.7. The third kappa shape index (κ3) is 2.50. The molecule has 0 amide bonds. The van der Waals surface area contributed by atoms with Crippen LogP contribution in [0.3, 0.4) is 0 Å². The van der Waals surface area contributed by atoms with Gasteiger partial charge in [0, 0.05) is 6.20 Å². The number of aromatic nitrogens is 1. The average Bonchev–Trinajstić information content (AvgIpc) is 2.34. The summed E-state index contributed by atoms with van der Waals surface area (Å²) in [4.78, 5) is 4.33. The molecule has 2 nitrogen and oxygen atoms in total. The lowest BCUT2D eigenvalue weighted by Gasteiger charge is -2.18. The number of aryl methyl sites for hydroxylation is 1. The molecule has 1 aromatic heterocycles. The van der Waals surface area contributed by atoms with Gasteiger partial charge in [0.05, 0.1) is 11.7 Å². The van der Waals surface area contributed by atoms with Crippen LogP contribution < -0.4 is 5.32 Å². The van der Waals surface area contributed by atoms with Gasteiger partial charge in [-0.3, -0.25) is 4.98 Å². The number of hydrogen-bond donors (Lipinski definition) is 1. The second kappa shape index (κ2) is 5.06. The van der Waals surface area contributed by atoms with E-state index in [4.69, 9.17) is 0 Å². The van der Waals surface area contributed by atoms with Crippen LogP contribution in [0.2, 0.25) is 0 Å². The molecule has 0 fully saturated rings. The average molecular weight is 230 g/mol. The van der Waals surface area contributed by atoms with E-state index in [1.54, 1.807) is 18.3 Å². The first-order valence-corrected chi connectivity index (χ1v) is 5.56. The molecule has 0 spiro atoms. The summed E-state index contributed by atoms with van der Waals surface area (Å²) < 4.78 is 13.1. The number of nitrogens with zero attached hydrogens (tertiary/aromatic N) is 1. The minimum Gasteiger partial charge on any atom is -0.308 e. The van der Waals surface area contributed by atoms with Gasteiger partial charge in [0.25, 0.3) is 0 Å². The molecule has 1 N–H and O–H groups in total. The standard InChI is InChI=1S/C14H15FN2/c1-10-9-11(15)6-7-12(10)14(16-2)13-5-3-4-8-17-13/h3-9,14,16H,1-2H3. The van der Waals surface area contributed by atoms with Gasteiger partial charge in [-0.2, -0.15) is 0 Å². The molecule has 0 radical (unpaired) electrons. The SMILES string of the molecule is CNC(c1ccccn1)c1ccc(F)cc1C. The van der Waals surface area contributed by atoms with Crippen molar-refractivity contribution in [1.29, 1.82) is 0 Å². The lowest BCUT2D eigenvalue weighted by molar-refractivity contribution is 0.619. The largest absolute Gasteiger partial charge is 0.308 e. The van der Waals surface area contributed by atoms with Crippen molar-refractivity contribution in [2.24, 2.45) is 0 Å². The molecular formula is C14H15FN2. The van der Waals surface area contributed by atoms with Crippen LogP contribution in [0.4, 0.5) is 4.39 Å². The molecule has 0 saturated heterocycles. The van der Waals surface area contributed by atoms with E-state index in [0.29, 0.717) is 0 Å². The van der Waals surface area contributed by atoms with Crippen molar-refractivity contribution in [3.05, 3.63) is 65.2 Å². The third-order valence-electron chi connectivity index (χ3n) is 2.82. The Morgan fingerprint density at radius 1 is 1.24 bits per heavy atom. The summed E-state index contributed by atoms with van der Waals surface area (Å²) in [6.45, 7) is 1.91. The van der Waals surface area contributed by atoms with Crippen molar-refractivity contribution < 1.29 is 4.39 Å². The molecule has 0 bridgehead atoms. The Hall–Kier alpha value is -1.74. The number of benzene rings is 1. The Labute approximate surface area is 101 Å². The van der Waals surface area contributed by atoms with E-state index in [9.17, 15) is 4.39 Å². The summed E-state index contributed by atoms with van der Waals surface area (Å²) in [6.07, 6.45) is 1.76. The van der Waals surface area contributed by atoms with Gasteiger partial charge in [-0.15, -0.1) is 0 Å². The van der Waals surface area contributed by atoms with E-state index in [0.717, 1.165) is 16.8 Å². The van der Waals surface area contributed by atoms with Gasteiger partial charge in [-0.1, -0.05) is 12.1 Å². The fraction of sp³-hybridized carbons (Fsp3) is 0.214. The van der Waals surface area contributed by atoms with E-state index in [-0.39, 0.29) is 11.9 Å². The van der Waals surface area contributed by atoms with Crippen LogP contribution >= 0.6 is 0 Å². The zero-order valence-corrected chi connectivity index (χ0v) is 9.94. The van der Waals surface area contributed by atoms with Gasteiger partial charge in [0.2, 0.25) is 0 Å². The predicted octanol–water partition coefficient (Wildman–Crippen LogP) is 2.84. The molecule has 3 heteroatoms. The molecule has 1 unspecified atom stereocenters. The zero-order chi connectivity index (χ0) is 12.3. The maximum absolute atomic E-state index is 13.1. The maximum Gasteiger partial charge on any atom is 0.123 e. The van der Waals surface area contributed by atoms with Crippen LogP contribution in [0.25, 0.3) is 0 Å². The van der Waals surface area contributed by atoms with Crippen LogP contribution in [0, 0.1) is 12.7 Å². The normalized spacial score (nSPS) is 12.4. The summed E-state index contributed by atoms with van der Waals surface area (Å²) in [5.74, 6) is -0.206. The van der Waals surface area contributed by atoms with Gasteiger partial charge >= 0.3 is 0 Å². The molecule has 0 aliphatic carbocycles. The fourth-order valence-electron chi connectivity index (χ4n) is 1.97. The number of nitrogens with one attached hydrogen (secondary N) is 1. The van der Waals surface area contributed by atoms with Crippen LogP contribution in [-0.4, -0.2) is 12.0 Å². The monoisotopic (exact) mass is 230 g/mol. The molecule has 1 atom stereocenters. The maximum atomic E-state index is 13.1. The molecule has 1 heterocycles. The molecule has 0 aliphatic rings. The molecule has 2 rings (SSSR count). The molecule has 2 aromatic rings. The molecule has 17 heavy (non-hydrogen) atoms. The molecule has 0 saturated carbocycles. The van der Waals surface area contributed by atoms with Crippen molar-refractivity contribution in [2.45, 2.75) is 13.0 Å². The first-order valence-electron chi connectivity index (χ1n) is 5.56. The minimum absolute atomic E-state index is 0.00296. The van der Waals surface area contributed by atoms with Crippen molar-refractivity contribution >= 4 is 0 Å². The summed E-state index contributed by atoms with van der Waals surface area (Å²) in [7, 11) is 1.88. The third-order valence-corrected chi connectivity index (χ3v) is 2.82. The highest BCUT2D eigenvalue weighted by molar-refractivity contribution is 5.34. The van der Waals surface area contributed by atoms with Crippen LogP contribution in [0.5, 0.6) is 0 Å². The van der Waals surface area contributed by atoms with E-state index in [1.165, 1.54) is 6.07 Å². The topological polar surface area (TPSA) is 24.9 Å². The molecular weight excluding hydrogens is 215 g/mol. The number of halogens is 1. The lowest BCUT2D eigenvalue weighted by Crippen LogP contribution is -2.19. The smallest absolute Gasteiger partial charge is 0.123 e. The van der Waals surface area contributed by atoms with Crippen LogP contribution in [-0.2, 0) is 0 Å². The van der Waals surface area contributed by atoms with Crippen molar-refractivity contribution in [3.8, 4) is 0 Å². The van der Waals surface area contributed by atoms with Crippen LogP contribution in [0.1, 0.15) is 22.9 Å². The lowest BCUT2D eigenvalue weighted by atomic mass is 9.98. The molecule has 88 valence electrons. The Morgan fingerprint density at radius 3 is 2.65 bits per heavy atom. The Kier molecular flexibility index (Phi) is 3.49. The van der Waals surface area contributed by atoms with E-state index in [2.05, 4.69) is 10.3 Å².